The minimum atomic E-state index is -0.626. The Balaban J connectivity index is 1.15. The molecule has 3 fully saturated rings. The molecule has 0 radical (unpaired) electrons. The minimum absolute atomic E-state index is 0.202. The minimum Gasteiger partial charge on any atom is -0.303 e. The maximum atomic E-state index is 13.0. The van der Waals surface area contributed by atoms with Crippen molar-refractivity contribution in [1.82, 2.24) is 19.4 Å². The van der Waals surface area contributed by atoms with Gasteiger partial charge >= 0.3 is 5.69 Å². The summed E-state index contributed by atoms with van der Waals surface area (Å²) in [7, 11) is 1.76. The molecule has 0 spiro atoms. The number of likely N-dealkylation sites (tertiary alicyclic amines) is 1. The van der Waals surface area contributed by atoms with E-state index in [9.17, 15) is 14.4 Å². The fourth-order valence-electron chi connectivity index (χ4n) is 6.58. The fourth-order valence-corrected chi connectivity index (χ4v) is 6.58. The Morgan fingerprint density at radius 3 is 2.43 bits per heavy atom. The summed E-state index contributed by atoms with van der Waals surface area (Å²) >= 11 is 0. The summed E-state index contributed by atoms with van der Waals surface area (Å²) in [6.07, 6.45) is 13.9. The number of benzene rings is 1. The average Bonchev–Trinajstić information content (AvgIpc) is 3.10. The van der Waals surface area contributed by atoms with Gasteiger partial charge in [0.25, 0.3) is 0 Å². The molecule has 3 heterocycles. The number of hydrogen-bond acceptors (Lipinski definition) is 4. The lowest BCUT2D eigenvalue weighted by Gasteiger charge is -2.35. The number of imidazole rings is 1. The summed E-state index contributed by atoms with van der Waals surface area (Å²) in [5, 5.41) is 2.37. The number of carbonyl (C=O) groups is 2. The molecule has 2 saturated heterocycles. The van der Waals surface area contributed by atoms with Gasteiger partial charge in [0.05, 0.1) is 11.0 Å². The highest BCUT2D eigenvalue weighted by atomic mass is 16.2. The SMILES string of the molecule is Cn1c(=O)n(C2CCC(=O)NC2=O)c2ccc(CCCC3CCN(CC4CCCCC4)CC3)cc21. The van der Waals surface area contributed by atoms with E-state index in [-0.39, 0.29) is 23.9 Å². The second-order valence-corrected chi connectivity index (χ2v) is 11.1. The molecule has 2 aromatic rings. The predicted octanol–water partition coefficient (Wildman–Crippen LogP) is 3.93. The molecule has 1 aromatic heterocycles. The summed E-state index contributed by atoms with van der Waals surface area (Å²) in [5.41, 5.74) is 2.66. The molecule has 1 atom stereocenters. The summed E-state index contributed by atoms with van der Waals surface area (Å²) < 4.78 is 3.19. The number of carbonyl (C=O) groups excluding carboxylic acids is 2. The maximum Gasteiger partial charge on any atom is 0.329 e. The van der Waals surface area contributed by atoms with Gasteiger partial charge in [0, 0.05) is 20.0 Å². The van der Waals surface area contributed by atoms with Crippen molar-refractivity contribution in [3.8, 4) is 0 Å². The monoisotopic (exact) mass is 480 g/mol. The zero-order valence-corrected chi connectivity index (χ0v) is 21.1. The van der Waals surface area contributed by atoms with E-state index in [1.807, 2.05) is 6.07 Å². The third-order valence-electron chi connectivity index (χ3n) is 8.70. The first kappa shape index (κ1) is 24.3. The zero-order chi connectivity index (χ0) is 24.4. The van der Waals surface area contributed by atoms with Crippen LogP contribution in [0, 0.1) is 11.8 Å². The molecule has 1 saturated carbocycles. The van der Waals surface area contributed by atoms with Crippen LogP contribution in [0.3, 0.4) is 0 Å². The molecule has 7 heteroatoms. The van der Waals surface area contributed by atoms with Crippen molar-refractivity contribution in [3.63, 3.8) is 0 Å². The molecule has 1 unspecified atom stereocenters. The van der Waals surface area contributed by atoms with Crippen molar-refractivity contribution >= 4 is 22.8 Å². The van der Waals surface area contributed by atoms with Crippen LogP contribution in [0.15, 0.2) is 23.0 Å². The van der Waals surface area contributed by atoms with E-state index < -0.39 is 6.04 Å². The van der Waals surface area contributed by atoms with Crippen LogP contribution in [0.4, 0.5) is 0 Å². The molecule has 2 amide bonds. The molecule has 1 N–H and O–H groups in total. The molecule has 1 aliphatic carbocycles. The van der Waals surface area contributed by atoms with Crippen molar-refractivity contribution in [1.29, 1.82) is 0 Å². The van der Waals surface area contributed by atoms with Gasteiger partial charge in [-0.15, -0.1) is 0 Å². The standard InChI is InChI=1S/C28H40N4O3/c1-30-25-18-21(10-11-23(25)32(28(30)35)24-12-13-26(33)29-27(24)34)9-5-8-20-14-16-31(17-15-20)19-22-6-3-2-4-7-22/h10-11,18,20,22,24H,2-9,12-17,19H2,1H3,(H,29,33,34). The first-order valence-electron chi connectivity index (χ1n) is 13.8. The topological polar surface area (TPSA) is 76.3 Å². The molecule has 1 aromatic carbocycles. The number of amides is 2. The highest BCUT2D eigenvalue weighted by molar-refractivity contribution is 6.00. The molecule has 0 bridgehead atoms. The number of fused-ring (bicyclic) bond motifs is 1. The van der Waals surface area contributed by atoms with Crippen LogP contribution in [0.1, 0.15) is 82.2 Å². The lowest BCUT2D eigenvalue weighted by Crippen LogP contribution is -2.44. The number of aryl methyl sites for hydroxylation is 2. The Bertz CT molecular complexity index is 1120. The van der Waals surface area contributed by atoms with E-state index in [4.69, 9.17) is 0 Å². The normalized spacial score (nSPS) is 23.2. The predicted molar refractivity (Wildman–Crippen MR) is 137 cm³/mol. The number of aromatic nitrogens is 2. The summed E-state index contributed by atoms with van der Waals surface area (Å²) in [6.45, 7) is 3.86. The van der Waals surface area contributed by atoms with E-state index in [1.165, 1.54) is 83.0 Å². The highest BCUT2D eigenvalue weighted by Gasteiger charge is 2.31. The number of piperidine rings is 2. The van der Waals surface area contributed by atoms with Crippen LogP contribution < -0.4 is 11.0 Å². The van der Waals surface area contributed by atoms with Crippen LogP contribution in [-0.4, -0.2) is 45.5 Å². The first-order chi connectivity index (χ1) is 17.0. The van der Waals surface area contributed by atoms with Gasteiger partial charge in [0.1, 0.15) is 6.04 Å². The van der Waals surface area contributed by atoms with Gasteiger partial charge in [-0.25, -0.2) is 4.79 Å². The molecular formula is C28H40N4O3. The quantitative estimate of drug-likeness (QED) is 0.609. The number of imide groups is 1. The highest BCUT2D eigenvalue weighted by Crippen LogP contribution is 2.29. The third kappa shape index (κ3) is 5.40. The lowest BCUT2D eigenvalue weighted by atomic mass is 9.87. The molecule has 7 nitrogen and oxygen atoms in total. The van der Waals surface area contributed by atoms with Crippen molar-refractivity contribution in [2.24, 2.45) is 18.9 Å². The van der Waals surface area contributed by atoms with Crippen LogP contribution in [0.5, 0.6) is 0 Å². The number of rotatable bonds is 7. The summed E-state index contributed by atoms with van der Waals surface area (Å²) in [4.78, 5) is 39.6. The lowest BCUT2D eigenvalue weighted by molar-refractivity contribution is -0.135. The molecule has 35 heavy (non-hydrogen) atoms. The van der Waals surface area contributed by atoms with Gasteiger partial charge in [-0.1, -0.05) is 31.7 Å². The van der Waals surface area contributed by atoms with Gasteiger partial charge in [0.2, 0.25) is 11.8 Å². The van der Waals surface area contributed by atoms with Gasteiger partial charge < -0.3 is 4.90 Å². The smallest absolute Gasteiger partial charge is 0.303 e. The molecule has 5 rings (SSSR count). The van der Waals surface area contributed by atoms with E-state index in [0.717, 1.165) is 29.3 Å². The van der Waals surface area contributed by atoms with E-state index in [1.54, 1.807) is 16.2 Å². The second kappa shape index (κ2) is 10.7. The van der Waals surface area contributed by atoms with E-state index in [0.29, 0.717) is 6.42 Å². The molecule has 3 aliphatic rings. The molecular weight excluding hydrogens is 440 g/mol. The maximum absolute atomic E-state index is 13.0. The zero-order valence-electron chi connectivity index (χ0n) is 21.1. The fraction of sp³-hybridized carbons (Fsp3) is 0.679. The Hall–Kier alpha value is -2.41. The molecule has 190 valence electrons. The Labute approximate surface area is 207 Å². The Kier molecular flexibility index (Phi) is 7.42. The van der Waals surface area contributed by atoms with Gasteiger partial charge in [-0.2, -0.15) is 0 Å². The van der Waals surface area contributed by atoms with Crippen molar-refractivity contribution in [2.45, 2.75) is 83.1 Å². The second-order valence-electron chi connectivity index (χ2n) is 11.1. The number of nitrogens with one attached hydrogen (secondary N) is 1. The van der Waals surface area contributed by atoms with Crippen molar-refractivity contribution in [3.05, 3.63) is 34.2 Å². The average molecular weight is 481 g/mol. The van der Waals surface area contributed by atoms with E-state index >= 15 is 0 Å². The van der Waals surface area contributed by atoms with Crippen molar-refractivity contribution < 1.29 is 9.59 Å². The van der Waals surface area contributed by atoms with Gasteiger partial charge in [0.15, 0.2) is 0 Å². The van der Waals surface area contributed by atoms with Crippen LogP contribution in [-0.2, 0) is 23.1 Å². The third-order valence-corrected chi connectivity index (χ3v) is 8.70. The van der Waals surface area contributed by atoms with Crippen molar-refractivity contribution in [2.75, 3.05) is 19.6 Å². The van der Waals surface area contributed by atoms with Crippen LogP contribution in [0.2, 0.25) is 0 Å². The molecule has 2 aliphatic heterocycles. The number of nitrogens with zero attached hydrogens (tertiary/aromatic N) is 3. The summed E-state index contributed by atoms with van der Waals surface area (Å²) in [5.74, 6) is 1.12. The van der Waals surface area contributed by atoms with Crippen LogP contribution >= 0.6 is 0 Å². The van der Waals surface area contributed by atoms with Gasteiger partial charge in [-0.05, 0) is 87.6 Å². The van der Waals surface area contributed by atoms with Gasteiger partial charge in [-0.3, -0.25) is 24.0 Å². The Morgan fingerprint density at radius 1 is 0.914 bits per heavy atom. The summed E-state index contributed by atoms with van der Waals surface area (Å²) in [6, 6.07) is 5.54. The Morgan fingerprint density at radius 2 is 1.69 bits per heavy atom. The van der Waals surface area contributed by atoms with Crippen LogP contribution in [0.25, 0.3) is 11.0 Å². The number of hydrogen-bond donors (Lipinski definition) is 1. The largest absolute Gasteiger partial charge is 0.329 e. The first-order valence-corrected chi connectivity index (χ1v) is 13.8. The van der Waals surface area contributed by atoms with E-state index in [2.05, 4.69) is 22.3 Å².